The van der Waals surface area contributed by atoms with Crippen molar-refractivity contribution < 1.29 is 9.90 Å². The Labute approximate surface area is 131 Å². The lowest BCUT2D eigenvalue weighted by Crippen LogP contribution is -2.40. The summed E-state index contributed by atoms with van der Waals surface area (Å²) in [5.41, 5.74) is -0.779. The van der Waals surface area contributed by atoms with E-state index in [0.29, 0.717) is 6.54 Å². The van der Waals surface area contributed by atoms with Gasteiger partial charge in [0, 0.05) is 11.4 Å². The van der Waals surface area contributed by atoms with Crippen LogP contribution in [0.4, 0.5) is 0 Å². The third-order valence-electron chi connectivity index (χ3n) is 4.26. The van der Waals surface area contributed by atoms with Crippen LogP contribution in [0.5, 0.6) is 0 Å². The van der Waals surface area contributed by atoms with E-state index in [1.54, 1.807) is 11.3 Å². The molecule has 1 amide bonds. The lowest BCUT2D eigenvalue weighted by atomic mass is 9.82. The van der Waals surface area contributed by atoms with Gasteiger partial charge < -0.3 is 15.3 Å². The Hall–Kier alpha value is -0.910. The molecule has 0 aliphatic heterocycles. The number of hydrogen-bond acceptors (Lipinski definition) is 4. The molecule has 118 valence electrons. The Kier molecular flexibility index (Phi) is 5.79. The van der Waals surface area contributed by atoms with Gasteiger partial charge in [-0.15, -0.1) is 11.3 Å². The molecule has 0 radical (unpaired) electrons. The second-order valence-electron chi connectivity index (χ2n) is 6.26. The first-order chi connectivity index (χ1) is 10.0. The standard InChI is InChI=1S/C16H26N2O2S/c1-18(2)13(14-7-6-10-21-14)12-17-15(19)11-16(20)8-4-3-5-9-16/h6-7,10,13,20H,3-5,8-9,11-12H2,1-2H3,(H,17,19). The van der Waals surface area contributed by atoms with E-state index in [-0.39, 0.29) is 18.4 Å². The molecule has 1 unspecified atom stereocenters. The molecule has 0 bridgehead atoms. The Morgan fingerprint density at radius 2 is 2.14 bits per heavy atom. The van der Waals surface area contributed by atoms with Gasteiger partial charge in [0.05, 0.1) is 18.1 Å². The van der Waals surface area contributed by atoms with Crippen molar-refractivity contribution in [1.29, 1.82) is 0 Å². The van der Waals surface area contributed by atoms with Crippen molar-refractivity contribution in [1.82, 2.24) is 10.2 Å². The third kappa shape index (κ3) is 4.80. The van der Waals surface area contributed by atoms with Crippen molar-refractivity contribution in [2.24, 2.45) is 0 Å². The molecule has 1 atom stereocenters. The molecule has 5 heteroatoms. The van der Waals surface area contributed by atoms with Crippen molar-refractivity contribution in [2.45, 2.75) is 50.2 Å². The molecule has 1 aromatic rings. The summed E-state index contributed by atoms with van der Waals surface area (Å²) >= 11 is 1.70. The number of thiophene rings is 1. The van der Waals surface area contributed by atoms with Crippen LogP contribution in [0.2, 0.25) is 0 Å². The molecule has 1 saturated carbocycles. The lowest BCUT2D eigenvalue weighted by Gasteiger charge is -2.32. The molecule has 1 aliphatic rings. The summed E-state index contributed by atoms with van der Waals surface area (Å²) in [6.45, 7) is 0.586. The first-order valence-corrected chi connectivity index (χ1v) is 8.57. The van der Waals surface area contributed by atoms with Crippen LogP contribution in [-0.2, 0) is 4.79 Å². The zero-order valence-electron chi connectivity index (χ0n) is 13.0. The highest BCUT2D eigenvalue weighted by atomic mass is 32.1. The van der Waals surface area contributed by atoms with Crippen molar-refractivity contribution in [3.63, 3.8) is 0 Å². The molecular weight excluding hydrogens is 284 g/mol. The summed E-state index contributed by atoms with van der Waals surface area (Å²) in [7, 11) is 4.04. The normalized spacial score (nSPS) is 19.4. The summed E-state index contributed by atoms with van der Waals surface area (Å²) in [4.78, 5) is 15.5. The second-order valence-corrected chi connectivity index (χ2v) is 7.24. The third-order valence-corrected chi connectivity index (χ3v) is 5.23. The molecule has 1 aromatic heterocycles. The first-order valence-electron chi connectivity index (χ1n) is 7.69. The zero-order valence-corrected chi connectivity index (χ0v) is 13.8. The van der Waals surface area contributed by atoms with E-state index in [0.717, 1.165) is 25.7 Å². The lowest BCUT2D eigenvalue weighted by molar-refractivity contribution is -0.127. The molecule has 0 spiro atoms. The highest BCUT2D eigenvalue weighted by molar-refractivity contribution is 7.10. The maximum Gasteiger partial charge on any atom is 0.222 e. The summed E-state index contributed by atoms with van der Waals surface area (Å²) < 4.78 is 0. The first kappa shape index (κ1) is 16.5. The predicted molar refractivity (Wildman–Crippen MR) is 86.4 cm³/mol. The Morgan fingerprint density at radius 1 is 1.43 bits per heavy atom. The molecule has 1 aliphatic carbocycles. The van der Waals surface area contributed by atoms with Gasteiger partial charge in [-0.1, -0.05) is 25.3 Å². The van der Waals surface area contributed by atoms with Crippen LogP contribution in [-0.4, -0.2) is 42.2 Å². The molecule has 0 aromatic carbocycles. The van der Waals surface area contributed by atoms with Gasteiger partial charge in [0.15, 0.2) is 0 Å². The maximum absolute atomic E-state index is 12.1. The molecule has 4 nitrogen and oxygen atoms in total. The smallest absolute Gasteiger partial charge is 0.222 e. The van der Waals surface area contributed by atoms with Gasteiger partial charge in [0.1, 0.15) is 0 Å². The summed E-state index contributed by atoms with van der Waals surface area (Å²) in [6.07, 6.45) is 4.96. The molecule has 1 fully saturated rings. The van der Waals surface area contributed by atoms with Crippen LogP contribution in [0.15, 0.2) is 17.5 Å². The van der Waals surface area contributed by atoms with E-state index in [1.165, 1.54) is 11.3 Å². The minimum absolute atomic E-state index is 0.0391. The van der Waals surface area contributed by atoms with Gasteiger partial charge >= 0.3 is 0 Å². The predicted octanol–water partition coefficient (Wildman–Crippen LogP) is 2.55. The number of rotatable bonds is 6. The van der Waals surface area contributed by atoms with Crippen LogP contribution in [0.25, 0.3) is 0 Å². The highest BCUT2D eigenvalue weighted by Gasteiger charge is 2.31. The van der Waals surface area contributed by atoms with Gasteiger partial charge in [-0.05, 0) is 38.4 Å². The maximum atomic E-state index is 12.1. The van der Waals surface area contributed by atoms with E-state index in [9.17, 15) is 9.90 Å². The SMILES string of the molecule is CN(C)C(CNC(=O)CC1(O)CCCCC1)c1cccs1. The van der Waals surface area contributed by atoms with Gasteiger partial charge in [-0.2, -0.15) is 0 Å². The molecule has 2 N–H and O–H groups in total. The summed E-state index contributed by atoms with van der Waals surface area (Å²) in [6, 6.07) is 4.31. The van der Waals surface area contributed by atoms with E-state index in [4.69, 9.17) is 0 Å². The Balaban J connectivity index is 1.84. The fourth-order valence-corrected chi connectivity index (χ4v) is 3.90. The van der Waals surface area contributed by atoms with Gasteiger partial charge in [-0.3, -0.25) is 4.79 Å². The van der Waals surface area contributed by atoms with Gasteiger partial charge in [0.25, 0.3) is 0 Å². The number of likely N-dealkylation sites (N-methyl/N-ethyl adjacent to an activating group) is 1. The Morgan fingerprint density at radius 3 is 2.71 bits per heavy atom. The molecule has 0 saturated heterocycles. The van der Waals surface area contributed by atoms with Crippen molar-refractivity contribution in [3.05, 3.63) is 22.4 Å². The van der Waals surface area contributed by atoms with Gasteiger partial charge in [0.2, 0.25) is 5.91 Å². The van der Waals surface area contributed by atoms with Crippen LogP contribution in [0.1, 0.15) is 49.4 Å². The van der Waals surface area contributed by atoms with Crippen molar-refractivity contribution in [3.8, 4) is 0 Å². The van der Waals surface area contributed by atoms with Crippen LogP contribution in [0.3, 0.4) is 0 Å². The largest absolute Gasteiger partial charge is 0.389 e. The molecule has 1 heterocycles. The minimum atomic E-state index is -0.779. The minimum Gasteiger partial charge on any atom is -0.389 e. The van der Waals surface area contributed by atoms with Gasteiger partial charge in [-0.25, -0.2) is 0 Å². The zero-order chi connectivity index (χ0) is 15.3. The number of hydrogen-bond donors (Lipinski definition) is 2. The van der Waals surface area contributed by atoms with E-state index < -0.39 is 5.60 Å². The van der Waals surface area contributed by atoms with Crippen molar-refractivity contribution >= 4 is 17.2 Å². The number of carbonyl (C=O) groups excluding carboxylic acids is 1. The van der Waals surface area contributed by atoms with E-state index in [1.807, 2.05) is 20.2 Å². The average molecular weight is 310 g/mol. The molecule has 2 rings (SSSR count). The van der Waals surface area contributed by atoms with E-state index in [2.05, 4.69) is 21.7 Å². The fraction of sp³-hybridized carbons (Fsp3) is 0.688. The van der Waals surface area contributed by atoms with Crippen LogP contribution >= 0.6 is 11.3 Å². The fourth-order valence-electron chi connectivity index (χ4n) is 2.98. The number of nitrogens with one attached hydrogen (secondary N) is 1. The van der Waals surface area contributed by atoms with E-state index >= 15 is 0 Å². The van der Waals surface area contributed by atoms with Crippen LogP contribution < -0.4 is 5.32 Å². The Bertz CT molecular complexity index is 439. The molecule has 21 heavy (non-hydrogen) atoms. The highest BCUT2D eigenvalue weighted by Crippen LogP contribution is 2.30. The summed E-state index contributed by atoms with van der Waals surface area (Å²) in [5.74, 6) is -0.0391. The van der Waals surface area contributed by atoms with Crippen LogP contribution in [0, 0.1) is 0 Å². The average Bonchev–Trinajstić information content (AvgIpc) is 2.92. The summed E-state index contributed by atoms with van der Waals surface area (Å²) in [5, 5.41) is 15.5. The van der Waals surface area contributed by atoms with Crippen molar-refractivity contribution in [2.75, 3.05) is 20.6 Å². The topological polar surface area (TPSA) is 52.6 Å². The number of aliphatic hydroxyl groups is 1. The number of nitrogens with zero attached hydrogens (tertiary/aromatic N) is 1. The monoisotopic (exact) mass is 310 g/mol. The molecular formula is C16H26N2O2S. The number of carbonyl (C=O) groups is 1. The number of amides is 1. The quantitative estimate of drug-likeness (QED) is 0.849. The second kappa shape index (κ2) is 7.38.